The Labute approximate surface area is 197 Å². The van der Waals surface area contributed by atoms with E-state index < -0.39 is 11.7 Å². The molecule has 2 fully saturated rings. The molecular formula is C24H29N7O3. The fraction of sp³-hybridized carbons (Fsp3) is 0.417. The molecule has 2 aliphatic rings. The summed E-state index contributed by atoms with van der Waals surface area (Å²) in [6, 6.07) is 6.29. The maximum absolute atomic E-state index is 11.4. The zero-order valence-corrected chi connectivity index (χ0v) is 19.4. The van der Waals surface area contributed by atoms with E-state index in [9.17, 15) is 4.79 Å². The molecule has 0 unspecified atom stereocenters. The van der Waals surface area contributed by atoms with Gasteiger partial charge in [0.15, 0.2) is 11.6 Å². The number of amides is 1. The van der Waals surface area contributed by atoms with Gasteiger partial charge in [0.1, 0.15) is 5.60 Å². The van der Waals surface area contributed by atoms with Crippen molar-refractivity contribution in [1.29, 1.82) is 0 Å². The first kappa shape index (κ1) is 22.1. The predicted octanol–water partition coefficient (Wildman–Crippen LogP) is 3.37. The van der Waals surface area contributed by atoms with Crippen LogP contribution in [0.4, 0.5) is 10.6 Å². The van der Waals surface area contributed by atoms with Crippen molar-refractivity contribution >= 4 is 11.9 Å². The van der Waals surface area contributed by atoms with Crippen molar-refractivity contribution < 1.29 is 14.3 Å². The number of primary amides is 1. The molecule has 0 bridgehead atoms. The number of likely N-dealkylation sites (tertiary alicyclic amines) is 1. The topological polar surface area (TPSA) is 134 Å². The van der Waals surface area contributed by atoms with E-state index >= 15 is 0 Å². The van der Waals surface area contributed by atoms with Gasteiger partial charge in [-0.2, -0.15) is 5.10 Å². The van der Waals surface area contributed by atoms with Gasteiger partial charge >= 0.3 is 6.09 Å². The molecule has 10 nitrogen and oxygen atoms in total. The highest BCUT2D eigenvalue weighted by Crippen LogP contribution is 2.50. The second-order valence-corrected chi connectivity index (χ2v) is 9.24. The normalized spacial score (nSPS) is 17.9. The van der Waals surface area contributed by atoms with Gasteiger partial charge in [-0.15, -0.1) is 0 Å². The number of nitrogens with zero attached hydrogens (tertiary/aromatic N) is 5. The first-order valence-corrected chi connectivity index (χ1v) is 11.5. The predicted molar refractivity (Wildman–Crippen MR) is 126 cm³/mol. The maximum Gasteiger partial charge on any atom is 0.405 e. The van der Waals surface area contributed by atoms with Crippen molar-refractivity contribution in [2.24, 2.45) is 5.73 Å². The third-order valence-electron chi connectivity index (χ3n) is 6.52. The Morgan fingerprint density at radius 3 is 2.65 bits per heavy atom. The molecule has 4 N–H and O–H groups in total. The molecule has 5 rings (SSSR count). The monoisotopic (exact) mass is 463 g/mol. The summed E-state index contributed by atoms with van der Waals surface area (Å²) in [5, 5.41) is 4.48. The summed E-state index contributed by atoms with van der Waals surface area (Å²) in [7, 11) is 2.13. The molecule has 0 radical (unpaired) electrons. The summed E-state index contributed by atoms with van der Waals surface area (Å²) in [6.07, 6.45) is 7.96. The van der Waals surface area contributed by atoms with Crippen molar-refractivity contribution in [3.63, 3.8) is 0 Å². The zero-order valence-electron chi connectivity index (χ0n) is 19.4. The SMILES string of the molecule is Cc1cc(-c2cnc(N)c(Oc3cnn(C4CCN(C)CC4)c3)n2)cc(C2(OC(N)=O)CC2)c1. The number of carbonyl (C=O) groups is 1. The molecule has 10 heteroatoms. The van der Waals surface area contributed by atoms with E-state index in [1.165, 1.54) is 0 Å². The quantitative estimate of drug-likeness (QED) is 0.568. The highest BCUT2D eigenvalue weighted by molar-refractivity contribution is 5.67. The second-order valence-electron chi connectivity index (χ2n) is 9.24. The molecule has 0 atom stereocenters. The van der Waals surface area contributed by atoms with Gasteiger partial charge in [0.2, 0.25) is 0 Å². The molecule has 2 aromatic heterocycles. The van der Waals surface area contributed by atoms with Gasteiger partial charge in [0.25, 0.3) is 5.88 Å². The summed E-state index contributed by atoms with van der Waals surface area (Å²) < 4.78 is 13.3. The van der Waals surface area contributed by atoms with E-state index in [0.29, 0.717) is 17.5 Å². The van der Waals surface area contributed by atoms with Crippen molar-refractivity contribution in [3.05, 3.63) is 47.9 Å². The Bertz CT molecular complexity index is 1210. The van der Waals surface area contributed by atoms with Crippen LogP contribution >= 0.6 is 0 Å². The first-order valence-electron chi connectivity index (χ1n) is 11.5. The van der Waals surface area contributed by atoms with Gasteiger partial charge in [-0.05, 0) is 70.4 Å². The first-order chi connectivity index (χ1) is 16.3. The number of aromatic nitrogens is 4. The number of hydrogen-bond donors (Lipinski definition) is 2. The Kier molecular flexibility index (Phi) is 5.60. The summed E-state index contributed by atoms with van der Waals surface area (Å²) in [4.78, 5) is 22.6. The van der Waals surface area contributed by atoms with Crippen LogP contribution in [0, 0.1) is 6.92 Å². The van der Waals surface area contributed by atoms with Crippen molar-refractivity contribution in [3.8, 4) is 22.9 Å². The molecule has 34 heavy (non-hydrogen) atoms. The summed E-state index contributed by atoms with van der Waals surface area (Å²) in [6.45, 7) is 4.07. The minimum absolute atomic E-state index is 0.194. The third-order valence-corrected chi connectivity index (χ3v) is 6.52. The number of hydrogen-bond acceptors (Lipinski definition) is 8. The molecule has 3 aromatic rings. The lowest BCUT2D eigenvalue weighted by Gasteiger charge is -2.28. The van der Waals surface area contributed by atoms with Gasteiger partial charge in [-0.3, -0.25) is 4.68 Å². The van der Waals surface area contributed by atoms with Gasteiger partial charge < -0.3 is 25.8 Å². The number of nitrogens with two attached hydrogens (primary N) is 2. The van der Waals surface area contributed by atoms with E-state index in [1.807, 2.05) is 36.0 Å². The van der Waals surface area contributed by atoms with Crippen LogP contribution in [0.2, 0.25) is 0 Å². The average Bonchev–Trinajstić information content (AvgIpc) is 3.43. The molecule has 1 amide bonds. The van der Waals surface area contributed by atoms with Crippen LogP contribution in [0.3, 0.4) is 0 Å². The smallest absolute Gasteiger partial charge is 0.405 e. The summed E-state index contributed by atoms with van der Waals surface area (Å²) >= 11 is 0. The van der Waals surface area contributed by atoms with E-state index in [2.05, 4.69) is 27.0 Å². The van der Waals surface area contributed by atoms with Crippen LogP contribution in [-0.4, -0.2) is 50.9 Å². The highest BCUT2D eigenvalue weighted by Gasteiger charge is 2.48. The Balaban J connectivity index is 1.38. The van der Waals surface area contributed by atoms with Crippen LogP contribution in [0.25, 0.3) is 11.3 Å². The molecule has 0 spiro atoms. The largest absolute Gasteiger partial charge is 0.438 e. The second kappa shape index (κ2) is 8.60. The lowest BCUT2D eigenvalue weighted by Crippen LogP contribution is -2.31. The van der Waals surface area contributed by atoms with E-state index in [-0.39, 0.29) is 11.7 Å². The van der Waals surface area contributed by atoms with Crippen LogP contribution < -0.4 is 16.2 Å². The number of rotatable bonds is 6. The average molecular weight is 464 g/mol. The van der Waals surface area contributed by atoms with Gasteiger partial charge in [-0.1, -0.05) is 11.6 Å². The van der Waals surface area contributed by atoms with Crippen molar-refractivity contribution in [1.82, 2.24) is 24.6 Å². The molecular weight excluding hydrogens is 434 g/mol. The van der Waals surface area contributed by atoms with E-state index in [4.69, 9.17) is 20.9 Å². The lowest BCUT2D eigenvalue weighted by molar-refractivity contribution is 0.0899. The number of carbonyl (C=O) groups excluding carboxylic acids is 1. The Hall–Kier alpha value is -3.66. The van der Waals surface area contributed by atoms with Crippen LogP contribution in [-0.2, 0) is 10.3 Å². The summed E-state index contributed by atoms with van der Waals surface area (Å²) in [5.41, 5.74) is 14.0. The molecule has 178 valence electrons. The third kappa shape index (κ3) is 4.54. The van der Waals surface area contributed by atoms with Gasteiger partial charge in [0, 0.05) is 5.56 Å². The zero-order chi connectivity index (χ0) is 23.9. The molecule has 1 aliphatic heterocycles. The highest BCUT2D eigenvalue weighted by atomic mass is 16.6. The number of benzene rings is 1. The van der Waals surface area contributed by atoms with Crippen molar-refractivity contribution in [2.75, 3.05) is 25.9 Å². The molecule has 3 heterocycles. The van der Waals surface area contributed by atoms with Crippen LogP contribution in [0.15, 0.2) is 36.8 Å². The van der Waals surface area contributed by atoms with E-state index in [1.54, 1.807) is 12.4 Å². The standard InChI is InChI=1S/C24H29N7O3/c1-15-9-16(11-17(10-15)24(5-6-24)34-23(26)32)20-13-27-21(25)22(29-20)33-19-12-28-31(14-19)18-3-7-30(2)8-4-18/h9-14,18H,3-8H2,1-2H3,(H2,25,27)(H2,26,32). The number of nitrogen functional groups attached to an aromatic ring is 1. The molecule has 1 saturated carbocycles. The molecule has 1 saturated heterocycles. The number of anilines is 1. The minimum atomic E-state index is -0.774. The fourth-order valence-corrected chi connectivity index (χ4v) is 4.49. The Morgan fingerprint density at radius 1 is 1.18 bits per heavy atom. The molecule has 1 aliphatic carbocycles. The van der Waals surface area contributed by atoms with Crippen LogP contribution in [0.1, 0.15) is 42.9 Å². The fourth-order valence-electron chi connectivity index (χ4n) is 4.49. The van der Waals surface area contributed by atoms with Gasteiger partial charge in [-0.25, -0.2) is 14.8 Å². The number of piperidine rings is 1. The maximum atomic E-state index is 11.4. The van der Waals surface area contributed by atoms with Crippen molar-refractivity contribution in [2.45, 2.75) is 44.2 Å². The molecule has 1 aromatic carbocycles. The Morgan fingerprint density at radius 2 is 1.94 bits per heavy atom. The lowest BCUT2D eigenvalue weighted by atomic mass is 9.99. The van der Waals surface area contributed by atoms with E-state index in [0.717, 1.165) is 55.5 Å². The van der Waals surface area contributed by atoms with Gasteiger partial charge in [0.05, 0.1) is 30.3 Å². The number of aryl methyl sites for hydroxylation is 1. The van der Waals surface area contributed by atoms with Crippen LogP contribution in [0.5, 0.6) is 11.6 Å². The summed E-state index contributed by atoms with van der Waals surface area (Å²) in [5.74, 6) is 0.978. The minimum Gasteiger partial charge on any atom is -0.438 e. The number of ether oxygens (including phenoxy) is 2.